The van der Waals surface area contributed by atoms with Gasteiger partial charge in [-0.15, -0.1) is 0 Å². The number of carboxylic acid groups (broad SMARTS) is 1. The van der Waals surface area contributed by atoms with Gasteiger partial charge >= 0.3 is 5.97 Å². The highest BCUT2D eigenvalue weighted by Gasteiger charge is 2.21. The van der Waals surface area contributed by atoms with Crippen LogP contribution in [0.3, 0.4) is 0 Å². The number of hydrogen-bond donors (Lipinski definition) is 1. The van der Waals surface area contributed by atoms with Gasteiger partial charge in [0, 0.05) is 13.0 Å². The molecule has 0 spiro atoms. The molecule has 1 saturated carbocycles. The molecule has 1 N–H and O–H groups in total. The first kappa shape index (κ1) is 13.5. The number of aliphatic carboxylic acids is 1. The quantitative estimate of drug-likeness (QED) is 0.680. The van der Waals surface area contributed by atoms with Gasteiger partial charge in [0.25, 0.3) is 0 Å². The van der Waals surface area contributed by atoms with E-state index >= 15 is 0 Å². The van der Waals surface area contributed by atoms with Crippen LogP contribution in [0.15, 0.2) is 0 Å². The Balaban J connectivity index is 1.95. The summed E-state index contributed by atoms with van der Waals surface area (Å²) in [7, 11) is 0. The predicted octanol–water partition coefficient (Wildman–Crippen LogP) is 3.23. The zero-order valence-electron chi connectivity index (χ0n) is 10.3. The third kappa shape index (κ3) is 5.50. The molecule has 0 heterocycles. The summed E-state index contributed by atoms with van der Waals surface area (Å²) < 4.78 is 5.85. The first-order valence-electron chi connectivity index (χ1n) is 6.53. The molecule has 1 fully saturated rings. The minimum atomic E-state index is -0.693. The van der Waals surface area contributed by atoms with Crippen molar-refractivity contribution >= 4 is 5.97 Å². The standard InChI is InChI=1S/C13H24O3/c1-11-7-4-5-8-12(11)16-10-6-2-3-9-13(14)15/h11-12H,2-10H2,1H3,(H,14,15). The summed E-state index contributed by atoms with van der Waals surface area (Å²) in [4.78, 5) is 10.3. The third-order valence-electron chi connectivity index (χ3n) is 3.40. The molecule has 0 aromatic heterocycles. The van der Waals surface area contributed by atoms with Crippen LogP contribution < -0.4 is 0 Å². The average molecular weight is 228 g/mol. The minimum Gasteiger partial charge on any atom is -0.481 e. The molecule has 0 radical (unpaired) electrons. The van der Waals surface area contributed by atoms with Crippen LogP contribution in [0.1, 0.15) is 58.3 Å². The van der Waals surface area contributed by atoms with Gasteiger partial charge in [0.1, 0.15) is 0 Å². The van der Waals surface area contributed by atoms with Gasteiger partial charge in [-0.1, -0.05) is 26.2 Å². The van der Waals surface area contributed by atoms with Crippen molar-refractivity contribution in [1.82, 2.24) is 0 Å². The molecular weight excluding hydrogens is 204 g/mol. The summed E-state index contributed by atoms with van der Waals surface area (Å²) in [6.45, 7) is 3.07. The van der Waals surface area contributed by atoms with Gasteiger partial charge in [0.15, 0.2) is 0 Å². The lowest BCUT2D eigenvalue weighted by molar-refractivity contribution is -0.137. The Hall–Kier alpha value is -0.570. The van der Waals surface area contributed by atoms with E-state index in [1.807, 2.05) is 0 Å². The molecule has 16 heavy (non-hydrogen) atoms. The van der Waals surface area contributed by atoms with E-state index in [0.717, 1.165) is 25.9 Å². The van der Waals surface area contributed by atoms with E-state index in [9.17, 15) is 4.79 Å². The Morgan fingerprint density at radius 2 is 2.00 bits per heavy atom. The smallest absolute Gasteiger partial charge is 0.303 e. The molecule has 3 nitrogen and oxygen atoms in total. The molecule has 1 rings (SSSR count). The van der Waals surface area contributed by atoms with E-state index < -0.39 is 5.97 Å². The maximum absolute atomic E-state index is 10.3. The van der Waals surface area contributed by atoms with Crippen LogP contribution in [0, 0.1) is 5.92 Å². The summed E-state index contributed by atoms with van der Waals surface area (Å²) >= 11 is 0. The number of rotatable bonds is 7. The molecule has 0 bridgehead atoms. The van der Waals surface area contributed by atoms with Crippen molar-refractivity contribution in [3.63, 3.8) is 0 Å². The molecule has 1 aliphatic carbocycles. The fourth-order valence-corrected chi connectivity index (χ4v) is 2.32. The number of ether oxygens (including phenoxy) is 1. The molecule has 2 atom stereocenters. The molecule has 0 amide bonds. The Kier molecular flexibility index (Phi) is 6.46. The number of unbranched alkanes of at least 4 members (excludes halogenated alkanes) is 2. The van der Waals surface area contributed by atoms with E-state index in [0.29, 0.717) is 18.4 Å². The minimum absolute atomic E-state index is 0.291. The Morgan fingerprint density at radius 1 is 1.25 bits per heavy atom. The van der Waals surface area contributed by atoms with Gasteiger partial charge in [-0.2, -0.15) is 0 Å². The summed E-state index contributed by atoms with van der Waals surface area (Å²) in [6.07, 6.45) is 8.63. The highest BCUT2D eigenvalue weighted by Crippen LogP contribution is 2.26. The van der Waals surface area contributed by atoms with Crippen LogP contribution in [-0.2, 0) is 9.53 Å². The van der Waals surface area contributed by atoms with Crippen LogP contribution in [0.25, 0.3) is 0 Å². The van der Waals surface area contributed by atoms with E-state index in [2.05, 4.69) is 6.92 Å². The predicted molar refractivity (Wildman–Crippen MR) is 63.5 cm³/mol. The van der Waals surface area contributed by atoms with E-state index in [4.69, 9.17) is 9.84 Å². The molecule has 0 aromatic carbocycles. The number of carboxylic acids is 1. The average Bonchev–Trinajstić information content (AvgIpc) is 2.25. The SMILES string of the molecule is CC1CCCCC1OCCCCCC(=O)O. The van der Waals surface area contributed by atoms with Crippen molar-refractivity contribution in [2.75, 3.05) is 6.61 Å². The highest BCUT2D eigenvalue weighted by molar-refractivity contribution is 5.66. The second kappa shape index (κ2) is 7.66. The van der Waals surface area contributed by atoms with Crippen molar-refractivity contribution in [1.29, 1.82) is 0 Å². The van der Waals surface area contributed by atoms with Crippen LogP contribution in [0.5, 0.6) is 0 Å². The third-order valence-corrected chi connectivity index (χ3v) is 3.40. The normalized spacial score (nSPS) is 25.6. The summed E-state index contributed by atoms with van der Waals surface area (Å²) in [5, 5.41) is 8.48. The number of carbonyl (C=O) groups is 1. The molecule has 2 unspecified atom stereocenters. The van der Waals surface area contributed by atoms with Crippen LogP contribution in [0.4, 0.5) is 0 Å². The Morgan fingerprint density at radius 3 is 2.69 bits per heavy atom. The molecule has 0 aromatic rings. The van der Waals surface area contributed by atoms with Crippen LogP contribution in [0.2, 0.25) is 0 Å². The first-order chi connectivity index (χ1) is 7.70. The van der Waals surface area contributed by atoms with Crippen molar-refractivity contribution in [2.24, 2.45) is 5.92 Å². The first-order valence-corrected chi connectivity index (χ1v) is 6.53. The lowest BCUT2D eigenvalue weighted by Crippen LogP contribution is -2.25. The molecule has 0 aliphatic heterocycles. The largest absolute Gasteiger partial charge is 0.481 e. The topological polar surface area (TPSA) is 46.5 Å². The van der Waals surface area contributed by atoms with Crippen molar-refractivity contribution in [2.45, 2.75) is 64.4 Å². The fourth-order valence-electron chi connectivity index (χ4n) is 2.32. The molecule has 94 valence electrons. The second-order valence-electron chi connectivity index (χ2n) is 4.88. The van der Waals surface area contributed by atoms with Gasteiger partial charge in [0.2, 0.25) is 0 Å². The van der Waals surface area contributed by atoms with Crippen LogP contribution in [-0.4, -0.2) is 23.8 Å². The van der Waals surface area contributed by atoms with Crippen molar-refractivity contribution in [3.05, 3.63) is 0 Å². The van der Waals surface area contributed by atoms with Gasteiger partial charge < -0.3 is 9.84 Å². The molecule has 1 aliphatic rings. The maximum atomic E-state index is 10.3. The second-order valence-corrected chi connectivity index (χ2v) is 4.88. The van der Waals surface area contributed by atoms with Crippen molar-refractivity contribution < 1.29 is 14.6 Å². The zero-order valence-corrected chi connectivity index (χ0v) is 10.3. The van der Waals surface area contributed by atoms with Crippen molar-refractivity contribution in [3.8, 4) is 0 Å². The summed E-state index contributed by atoms with van der Waals surface area (Å²) in [5.41, 5.74) is 0. The van der Waals surface area contributed by atoms with Gasteiger partial charge in [-0.25, -0.2) is 0 Å². The van der Waals surface area contributed by atoms with E-state index in [-0.39, 0.29) is 0 Å². The fraction of sp³-hybridized carbons (Fsp3) is 0.923. The summed E-state index contributed by atoms with van der Waals surface area (Å²) in [5.74, 6) is 0.00888. The highest BCUT2D eigenvalue weighted by atomic mass is 16.5. The molecular formula is C13H24O3. The number of hydrogen-bond acceptors (Lipinski definition) is 2. The van der Waals surface area contributed by atoms with Gasteiger partial charge in [-0.3, -0.25) is 4.79 Å². The van der Waals surface area contributed by atoms with E-state index in [1.54, 1.807) is 0 Å². The van der Waals surface area contributed by atoms with E-state index in [1.165, 1.54) is 25.7 Å². The monoisotopic (exact) mass is 228 g/mol. The Labute approximate surface area is 98.2 Å². The van der Waals surface area contributed by atoms with Gasteiger partial charge in [-0.05, 0) is 31.6 Å². The summed E-state index contributed by atoms with van der Waals surface area (Å²) in [6, 6.07) is 0. The lowest BCUT2D eigenvalue weighted by Gasteiger charge is -2.28. The lowest BCUT2D eigenvalue weighted by atomic mass is 9.88. The Bertz CT molecular complexity index is 203. The van der Waals surface area contributed by atoms with Gasteiger partial charge in [0.05, 0.1) is 6.10 Å². The maximum Gasteiger partial charge on any atom is 0.303 e. The zero-order chi connectivity index (χ0) is 11.8. The molecule has 0 saturated heterocycles. The molecule has 3 heteroatoms. The van der Waals surface area contributed by atoms with Crippen LogP contribution >= 0.6 is 0 Å².